The van der Waals surface area contributed by atoms with E-state index < -0.39 is 5.91 Å². The minimum atomic E-state index is -0.422. The summed E-state index contributed by atoms with van der Waals surface area (Å²) in [4.78, 5) is 18.3. The Hall–Kier alpha value is -2.86. The molecular formula is C23H33N5O. The van der Waals surface area contributed by atoms with Gasteiger partial charge in [0.15, 0.2) is 5.96 Å². The van der Waals surface area contributed by atoms with Crippen LogP contribution in [-0.2, 0) is 13.1 Å². The number of primary amides is 1. The Kier molecular flexibility index (Phi) is 9.18. The molecule has 29 heavy (non-hydrogen) atoms. The molecule has 0 heterocycles. The van der Waals surface area contributed by atoms with Gasteiger partial charge in [-0.25, -0.2) is 4.99 Å². The number of benzene rings is 2. The number of rotatable bonds is 10. The van der Waals surface area contributed by atoms with Crippen LogP contribution in [0.4, 0.5) is 0 Å². The fourth-order valence-electron chi connectivity index (χ4n) is 2.98. The zero-order valence-electron chi connectivity index (χ0n) is 17.7. The van der Waals surface area contributed by atoms with E-state index in [4.69, 9.17) is 5.73 Å². The Bertz CT molecular complexity index is 791. The number of guanidine groups is 1. The number of amides is 1. The van der Waals surface area contributed by atoms with Crippen LogP contribution >= 0.6 is 0 Å². The molecule has 1 unspecified atom stereocenters. The quantitative estimate of drug-likeness (QED) is 0.427. The monoisotopic (exact) mass is 395 g/mol. The minimum Gasteiger partial charge on any atom is -0.366 e. The van der Waals surface area contributed by atoms with E-state index >= 15 is 0 Å². The van der Waals surface area contributed by atoms with E-state index in [0.717, 1.165) is 37.6 Å². The highest BCUT2D eigenvalue weighted by Crippen LogP contribution is 2.08. The maximum Gasteiger partial charge on any atom is 0.248 e. The van der Waals surface area contributed by atoms with E-state index in [2.05, 4.69) is 58.8 Å². The second-order valence-electron chi connectivity index (χ2n) is 7.22. The van der Waals surface area contributed by atoms with Crippen LogP contribution in [-0.4, -0.2) is 42.9 Å². The molecule has 0 aliphatic carbocycles. The molecule has 6 heteroatoms. The standard InChI is InChI=1S/C23H33N5O/c1-4-25-23(27-16-20-11-8-12-21(15-20)22(24)29)26-14-13-18(2)28(3)17-19-9-6-5-7-10-19/h5-12,15,18H,4,13-14,16-17H2,1-3H3,(H2,24,29)(H2,25,26,27). The summed E-state index contributed by atoms with van der Waals surface area (Å²) in [6.45, 7) is 7.32. The van der Waals surface area contributed by atoms with Gasteiger partial charge in [-0.3, -0.25) is 9.69 Å². The number of nitrogens with zero attached hydrogens (tertiary/aromatic N) is 2. The Morgan fingerprint density at radius 2 is 1.83 bits per heavy atom. The molecule has 6 nitrogen and oxygen atoms in total. The fraction of sp³-hybridized carbons (Fsp3) is 0.391. The lowest BCUT2D eigenvalue weighted by atomic mass is 10.1. The molecule has 0 aromatic heterocycles. The van der Waals surface area contributed by atoms with Crippen molar-refractivity contribution in [3.8, 4) is 0 Å². The van der Waals surface area contributed by atoms with Crippen LogP contribution in [0.1, 0.15) is 41.8 Å². The number of hydrogen-bond donors (Lipinski definition) is 3. The van der Waals surface area contributed by atoms with Crippen molar-refractivity contribution in [2.75, 3.05) is 20.1 Å². The molecule has 2 rings (SSSR count). The van der Waals surface area contributed by atoms with Crippen molar-refractivity contribution >= 4 is 11.9 Å². The number of aliphatic imine (C=N–C) groups is 1. The van der Waals surface area contributed by atoms with E-state index in [1.807, 2.05) is 25.1 Å². The van der Waals surface area contributed by atoms with Gasteiger partial charge in [-0.1, -0.05) is 42.5 Å². The van der Waals surface area contributed by atoms with Crippen molar-refractivity contribution < 1.29 is 4.79 Å². The van der Waals surface area contributed by atoms with E-state index in [-0.39, 0.29) is 0 Å². The van der Waals surface area contributed by atoms with Gasteiger partial charge in [0.2, 0.25) is 5.91 Å². The van der Waals surface area contributed by atoms with Crippen molar-refractivity contribution in [2.45, 2.75) is 39.4 Å². The average Bonchev–Trinajstić information content (AvgIpc) is 2.72. The molecule has 0 bridgehead atoms. The summed E-state index contributed by atoms with van der Waals surface area (Å²) in [5.74, 6) is 0.351. The van der Waals surface area contributed by atoms with Crippen molar-refractivity contribution in [2.24, 2.45) is 10.7 Å². The third-order valence-corrected chi connectivity index (χ3v) is 4.86. The van der Waals surface area contributed by atoms with Gasteiger partial charge in [0.05, 0.1) is 6.54 Å². The summed E-state index contributed by atoms with van der Waals surface area (Å²) in [6, 6.07) is 18.2. The van der Waals surface area contributed by atoms with Crippen LogP contribution in [0.25, 0.3) is 0 Å². The molecule has 4 N–H and O–H groups in total. The molecule has 0 radical (unpaired) electrons. The van der Waals surface area contributed by atoms with Gasteiger partial charge in [0.1, 0.15) is 0 Å². The van der Waals surface area contributed by atoms with Crippen molar-refractivity contribution in [3.05, 3.63) is 71.3 Å². The molecule has 156 valence electrons. The molecular weight excluding hydrogens is 362 g/mol. The highest BCUT2D eigenvalue weighted by Gasteiger charge is 2.10. The number of carbonyl (C=O) groups is 1. The molecule has 0 saturated heterocycles. The van der Waals surface area contributed by atoms with Gasteiger partial charge in [-0.05, 0) is 50.6 Å². The van der Waals surface area contributed by atoms with E-state index in [0.29, 0.717) is 18.2 Å². The predicted octanol–water partition coefficient (Wildman–Crippen LogP) is 2.75. The van der Waals surface area contributed by atoms with Gasteiger partial charge in [-0.15, -0.1) is 0 Å². The van der Waals surface area contributed by atoms with Crippen LogP contribution in [0.15, 0.2) is 59.6 Å². The second-order valence-corrected chi connectivity index (χ2v) is 7.22. The second kappa shape index (κ2) is 11.9. The normalized spacial score (nSPS) is 12.6. The molecule has 2 aromatic carbocycles. The first-order valence-corrected chi connectivity index (χ1v) is 10.1. The van der Waals surface area contributed by atoms with E-state index in [1.54, 1.807) is 12.1 Å². The number of carbonyl (C=O) groups excluding carboxylic acids is 1. The third-order valence-electron chi connectivity index (χ3n) is 4.86. The van der Waals surface area contributed by atoms with Gasteiger partial charge in [0, 0.05) is 31.2 Å². The first-order valence-electron chi connectivity index (χ1n) is 10.1. The van der Waals surface area contributed by atoms with Gasteiger partial charge in [-0.2, -0.15) is 0 Å². The Morgan fingerprint density at radius 1 is 1.10 bits per heavy atom. The zero-order valence-corrected chi connectivity index (χ0v) is 17.7. The molecule has 1 amide bonds. The summed E-state index contributed by atoms with van der Waals surface area (Å²) < 4.78 is 0. The molecule has 0 aliphatic rings. The van der Waals surface area contributed by atoms with Gasteiger partial charge >= 0.3 is 0 Å². The Morgan fingerprint density at radius 3 is 2.52 bits per heavy atom. The summed E-state index contributed by atoms with van der Waals surface area (Å²) >= 11 is 0. The smallest absolute Gasteiger partial charge is 0.248 e. The number of nitrogens with one attached hydrogen (secondary N) is 2. The highest BCUT2D eigenvalue weighted by molar-refractivity contribution is 5.92. The van der Waals surface area contributed by atoms with Crippen molar-refractivity contribution in [1.82, 2.24) is 15.5 Å². The number of nitrogens with two attached hydrogens (primary N) is 1. The first kappa shape index (κ1) is 22.4. The SMILES string of the molecule is CCNC(=NCc1cccc(C(N)=O)c1)NCCC(C)N(C)Cc1ccccc1. The molecule has 0 fully saturated rings. The summed E-state index contributed by atoms with van der Waals surface area (Å²) in [5, 5.41) is 6.67. The molecule has 0 saturated carbocycles. The van der Waals surface area contributed by atoms with Crippen LogP contribution in [0, 0.1) is 0 Å². The Labute approximate surface area is 174 Å². The fourth-order valence-corrected chi connectivity index (χ4v) is 2.98. The third kappa shape index (κ3) is 7.95. The van der Waals surface area contributed by atoms with Crippen LogP contribution < -0.4 is 16.4 Å². The largest absolute Gasteiger partial charge is 0.366 e. The topological polar surface area (TPSA) is 82.7 Å². The number of hydrogen-bond acceptors (Lipinski definition) is 3. The lowest BCUT2D eigenvalue weighted by Crippen LogP contribution is -2.40. The maximum absolute atomic E-state index is 11.3. The minimum absolute atomic E-state index is 0.422. The van der Waals surface area contributed by atoms with Crippen molar-refractivity contribution in [1.29, 1.82) is 0 Å². The highest BCUT2D eigenvalue weighted by atomic mass is 16.1. The molecule has 0 spiro atoms. The van der Waals surface area contributed by atoms with Crippen molar-refractivity contribution in [3.63, 3.8) is 0 Å². The van der Waals surface area contributed by atoms with Gasteiger partial charge < -0.3 is 16.4 Å². The summed E-state index contributed by atoms with van der Waals surface area (Å²) in [6.07, 6.45) is 1.00. The van der Waals surface area contributed by atoms with Crippen LogP contribution in [0.3, 0.4) is 0 Å². The van der Waals surface area contributed by atoms with Crippen LogP contribution in [0.5, 0.6) is 0 Å². The molecule has 0 aliphatic heterocycles. The summed E-state index contributed by atoms with van der Waals surface area (Å²) in [5.41, 5.74) is 8.13. The lowest BCUT2D eigenvalue weighted by molar-refractivity contribution is 0.1000. The van der Waals surface area contributed by atoms with E-state index in [1.165, 1.54) is 5.56 Å². The molecule has 1 atom stereocenters. The zero-order chi connectivity index (χ0) is 21.1. The van der Waals surface area contributed by atoms with E-state index in [9.17, 15) is 4.79 Å². The summed E-state index contributed by atoms with van der Waals surface area (Å²) in [7, 11) is 2.16. The molecule has 2 aromatic rings. The first-order chi connectivity index (χ1) is 14.0. The Balaban J connectivity index is 1.84. The maximum atomic E-state index is 11.3. The average molecular weight is 396 g/mol. The van der Waals surface area contributed by atoms with Gasteiger partial charge in [0.25, 0.3) is 0 Å². The van der Waals surface area contributed by atoms with Crippen LogP contribution in [0.2, 0.25) is 0 Å². The predicted molar refractivity (Wildman–Crippen MR) is 120 cm³/mol. The lowest BCUT2D eigenvalue weighted by Gasteiger charge is -2.25.